The number of hydrogen-bond acceptors (Lipinski definition) is 2. The van der Waals surface area contributed by atoms with Crippen LogP contribution in [0.3, 0.4) is 0 Å². The molecule has 86 valence electrons. The van der Waals surface area contributed by atoms with Crippen molar-refractivity contribution in [3.63, 3.8) is 0 Å². The summed E-state index contributed by atoms with van der Waals surface area (Å²) in [7, 11) is 0. The first-order chi connectivity index (χ1) is 6.88. The Bertz CT molecular complexity index is 258. The lowest BCUT2D eigenvalue weighted by Gasteiger charge is -2.27. The molecular weight excluding hydrogens is 194 g/mol. The lowest BCUT2D eigenvalue weighted by molar-refractivity contribution is -0.120. The maximum absolute atomic E-state index is 11.7. The standard InChI is InChI=1S/C10H19N3O2/c1-10(2,3)12-9(15)13-6-4-8(14)11-5-7-13/h4-7H2,1-3H3,(H,11,14)(H,12,15). The Kier molecular flexibility index (Phi) is 3.55. The Morgan fingerprint density at radius 3 is 2.67 bits per heavy atom. The molecule has 2 N–H and O–H groups in total. The van der Waals surface area contributed by atoms with Crippen LogP contribution >= 0.6 is 0 Å². The van der Waals surface area contributed by atoms with Gasteiger partial charge in [-0.05, 0) is 20.8 Å². The zero-order chi connectivity index (χ0) is 11.5. The second kappa shape index (κ2) is 4.51. The van der Waals surface area contributed by atoms with Gasteiger partial charge >= 0.3 is 6.03 Å². The van der Waals surface area contributed by atoms with Gasteiger partial charge in [0.25, 0.3) is 0 Å². The second-order valence-corrected chi connectivity index (χ2v) is 4.77. The predicted octanol–water partition coefficient (Wildman–Crippen LogP) is 0.316. The minimum atomic E-state index is -0.235. The Hall–Kier alpha value is -1.26. The quantitative estimate of drug-likeness (QED) is 0.608. The first-order valence-corrected chi connectivity index (χ1v) is 5.22. The second-order valence-electron chi connectivity index (χ2n) is 4.77. The third kappa shape index (κ3) is 4.18. The molecule has 1 rings (SSSR count). The van der Waals surface area contributed by atoms with Gasteiger partial charge in [0.2, 0.25) is 5.91 Å². The van der Waals surface area contributed by atoms with Gasteiger partial charge in [0.15, 0.2) is 0 Å². The fraction of sp³-hybridized carbons (Fsp3) is 0.800. The van der Waals surface area contributed by atoms with E-state index in [-0.39, 0.29) is 17.5 Å². The molecule has 0 unspecified atom stereocenters. The molecule has 15 heavy (non-hydrogen) atoms. The summed E-state index contributed by atoms with van der Waals surface area (Å²) in [6.07, 6.45) is 0.386. The molecule has 3 amide bonds. The van der Waals surface area contributed by atoms with E-state index in [0.717, 1.165) is 0 Å². The molecular formula is C10H19N3O2. The number of hydrogen-bond donors (Lipinski definition) is 2. The van der Waals surface area contributed by atoms with Crippen LogP contribution in [-0.4, -0.2) is 42.0 Å². The molecule has 1 fully saturated rings. The monoisotopic (exact) mass is 213 g/mol. The lowest BCUT2D eigenvalue weighted by Crippen LogP contribution is -2.49. The normalized spacial score (nSPS) is 18.1. The van der Waals surface area contributed by atoms with Crippen LogP contribution < -0.4 is 10.6 Å². The summed E-state index contributed by atoms with van der Waals surface area (Å²) in [5, 5.41) is 5.61. The molecule has 5 heteroatoms. The van der Waals surface area contributed by atoms with E-state index < -0.39 is 0 Å². The molecule has 1 aliphatic rings. The molecule has 1 aliphatic heterocycles. The SMILES string of the molecule is CC(C)(C)NC(=O)N1CCNC(=O)CC1. The van der Waals surface area contributed by atoms with Crippen LogP contribution in [0.15, 0.2) is 0 Å². The van der Waals surface area contributed by atoms with Gasteiger partial charge in [-0.3, -0.25) is 4.79 Å². The molecule has 1 saturated heterocycles. The van der Waals surface area contributed by atoms with Crippen molar-refractivity contribution < 1.29 is 9.59 Å². The smallest absolute Gasteiger partial charge is 0.317 e. The van der Waals surface area contributed by atoms with Crippen molar-refractivity contribution in [3.05, 3.63) is 0 Å². The highest BCUT2D eigenvalue weighted by Crippen LogP contribution is 2.03. The van der Waals surface area contributed by atoms with E-state index in [9.17, 15) is 9.59 Å². The van der Waals surface area contributed by atoms with Crippen molar-refractivity contribution in [1.82, 2.24) is 15.5 Å². The summed E-state index contributed by atoms with van der Waals surface area (Å²) in [6.45, 7) is 7.42. The van der Waals surface area contributed by atoms with Crippen molar-refractivity contribution in [2.45, 2.75) is 32.7 Å². The number of carbonyl (C=O) groups is 2. The molecule has 0 atom stereocenters. The van der Waals surface area contributed by atoms with Crippen LogP contribution in [-0.2, 0) is 4.79 Å². The summed E-state index contributed by atoms with van der Waals surface area (Å²) in [5.41, 5.74) is -0.235. The molecule has 1 heterocycles. The van der Waals surface area contributed by atoms with E-state index in [2.05, 4.69) is 10.6 Å². The molecule has 5 nitrogen and oxygen atoms in total. The molecule has 0 aliphatic carbocycles. The average molecular weight is 213 g/mol. The minimum absolute atomic E-state index is 0.0149. The van der Waals surface area contributed by atoms with Gasteiger partial charge in [0.05, 0.1) is 0 Å². The minimum Gasteiger partial charge on any atom is -0.354 e. The number of rotatable bonds is 0. The number of amides is 3. The van der Waals surface area contributed by atoms with Crippen LogP contribution in [0.4, 0.5) is 4.79 Å². The number of carbonyl (C=O) groups excluding carboxylic acids is 2. The first kappa shape index (κ1) is 11.8. The molecule has 0 aromatic rings. The van der Waals surface area contributed by atoms with E-state index in [1.165, 1.54) is 0 Å². The van der Waals surface area contributed by atoms with Crippen molar-refractivity contribution in [3.8, 4) is 0 Å². The zero-order valence-corrected chi connectivity index (χ0v) is 9.59. The molecule has 0 spiro atoms. The molecule has 0 bridgehead atoms. The van der Waals surface area contributed by atoms with Crippen LogP contribution in [0.1, 0.15) is 27.2 Å². The summed E-state index contributed by atoms with van der Waals surface area (Å²) < 4.78 is 0. The van der Waals surface area contributed by atoms with E-state index in [1.54, 1.807) is 4.90 Å². The van der Waals surface area contributed by atoms with E-state index >= 15 is 0 Å². The van der Waals surface area contributed by atoms with Crippen molar-refractivity contribution in [2.75, 3.05) is 19.6 Å². The molecule has 0 aromatic carbocycles. The maximum Gasteiger partial charge on any atom is 0.317 e. The van der Waals surface area contributed by atoms with Crippen LogP contribution in [0.2, 0.25) is 0 Å². The topological polar surface area (TPSA) is 61.4 Å². The number of nitrogens with one attached hydrogen (secondary N) is 2. The summed E-state index contributed by atoms with van der Waals surface area (Å²) in [6, 6.07) is -0.0981. The van der Waals surface area contributed by atoms with Crippen molar-refractivity contribution >= 4 is 11.9 Å². The van der Waals surface area contributed by atoms with Crippen molar-refractivity contribution in [1.29, 1.82) is 0 Å². The van der Waals surface area contributed by atoms with Crippen LogP contribution in [0, 0.1) is 0 Å². The fourth-order valence-corrected chi connectivity index (χ4v) is 1.37. The van der Waals surface area contributed by atoms with Crippen LogP contribution in [0.5, 0.6) is 0 Å². The number of urea groups is 1. The average Bonchev–Trinajstić information content (AvgIpc) is 2.26. The van der Waals surface area contributed by atoms with Gasteiger partial charge in [-0.15, -0.1) is 0 Å². The summed E-state index contributed by atoms with van der Waals surface area (Å²) >= 11 is 0. The van der Waals surface area contributed by atoms with Crippen LogP contribution in [0.25, 0.3) is 0 Å². The molecule has 0 aromatic heterocycles. The van der Waals surface area contributed by atoms with Gasteiger partial charge in [0, 0.05) is 31.6 Å². The van der Waals surface area contributed by atoms with Gasteiger partial charge in [-0.1, -0.05) is 0 Å². The highest BCUT2D eigenvalue weighted by atomic mass is 16.2. The third-order valence-electron chi connectivity index (χ3n) is 2.08. The molecule has 0 radical (unpaired) electrons. The Balaban J connectivity index is 2.49. The highest BCUT2D eigenvalue weighted by molar-refractivity contribution is 5.79. The van der Waals surface area contributed by atoms with E-state index in [0.29, 0.717) is 26.1 Å². The summed E-state index contributed by atoms with van der Waals surface area (Å²) in [4.78, 5) is 24.5. The predicted molar refractivity (Wildman–Crippen MR) is 57.5 cm³/mol. The van der Waals surface area contributed by atoms with E-state index in [1.807, 2.05) is 20.8 Å². The van der Waals surface area contributed by atoms with Crippen molar-refractivity contribution in [2.24, 2.45) is 0 Å². The number of nitrogens with zero attached hydrogens (tertiary/aromatic N) is 1. The molecule has 0 saturated carbocycles. The zero-order valence-electron chi connectivity index (χ0n) is 9.59. The van der Waals surface area contributed by atoms with Gasteiger partial charge in [-0.2, -0.15) is 0 Å². The van der Waals surface area contributed by atoms with E-state index in [4.69, 9.17) is 0 Å². The Morgan fingerprint density at radius 2 is 2.07 bits per heavy atom. The van der Waals surface area contributed by atoms with Gasteiger partial charge < -0.3 is 15.5 Å². The van der Waals surface area contributed by atoms with Gasteiger partial charge in [-0.25, -0.2) is 4.79 Å². The lowest BCUT2D eigenvalue weighted by atomic mass is 10.1. The van der Waals surface area contributed by atoms with Gasteiger partial charge in [0.1, 0.15) is 0 Å². The summed E-state index contributed by atoms with van der Waals surface area (Å²) in [5.74, 6) is 0.0149. The fourth-order valence-electron chi connectivity index (χ4n) is 1.37. The largest absolute Gasteiger partial charge is 0.354 e. The Labute approximate surface area is 90.2 Å². The first-order valence-electron chi connectivity index (χ1n) is 5.22. The maximum atomic E-state index is 11.7. The third-order valence-corrected chi connectivity index (χ3v) is 2.08. The Morgan fingerprint density at radius 1 is 1.40 bits per heavy atom. The highest BCUT2D eigenvalue weighted by Gasteiger charge is 2.21.